The van der Waals surface area contributed by atoms with Gasteiger partial charge in [0, 0.05) is 0 Å². The molecular formula is C27H31NO4. The molecule has 5 heteroatoms. The minimum absolute atomic E-state index is 0.0482. The maximum Gasteiger partial charge on any atom is 0.416 e. The van der Waals surface area contributed by atoms with Crippen LogP contribution in [0.4, 0.5) is 10.5 Å². The summed E-state index contributed by atoms with van der Waals surface area (Å²) in [5.74, 6) is 0.750. The topological polar surface area (TPSA) is 59.0 Å². The zero-order valence-electron chi connectivity index (χ0n) is 19.0. The molecule has 0 spiro atoms. The van der Waals surface area contributed by atoms with Crippen LogP contribution in [0, 0.1) is 6.92 Å². The number of unbranched alkanes of at least 4 members (excludes halogenated alkanes) is 2. The number of ether oxygens (including phenoxy) is 2. The van der Waals surface area contributed by atoms with Crippen LogP contribution in [0.25, 0.3) is 11.1 Å². The molecule has 0 radical (unpaired) electrons. The molecule has 5 nitrogen and oxygen atoms in total. The van der Waals surface area contributed by atoms with Crippen LogP contribution in [0.15, 0.2) is 66.7 Å². The van der Waals surface area contributed by atoms with Gasteiger partial charge in [-0.2, -0.15) is 0 Å². The number of phenols is 1. The average molecular weight is 434 g/mol. The largest absolute Gasteiger partial charge is 0.507 e. The Morgan fingerprint density at radius 2 is 1.66 bits per heavy atom. The Bertz CT molecular complexity index is 1020. The molecule has 0 aliphatic heterocycles. The number of carbonyl (C=O) groups excluding carboxylic acids is 1. The Morgan fingerprint density at radius 1 is 1.00 bits per heavy atom. The fourth-order valence-electron chi connectivity index (χ4n) is 3.70. The molecule has 0 unspecified atom stereocenters. The molecule has 0 aromatic heterocycles. The molecule has 3 rings (SSSR count). The van der Waals surface area contributed by atoms with Crippen LogP contribution in [-0.4, -0.2) is 25.0 Å². The zero-order valence-corrected chi connectivity index (χ0v) is 19.0. The number of hydrogen-bond acceptors (Lipinski definition) is 4. The highest BCUT2D eigenvalue weighted by atomic mass is 16.6. The number of aromatic hydroxyl groups is 1. The number of methoxy groups -OCH3 is 1. The molecule has 0 bridgehead atoms. The lowest BCUT2D eigenvalue weighted by atomic mass is 9.94. The fraction of sp³-hybridized carbons (Fsp3) is 0.296. The first-order chi connectivity index (χ1) is 15.6. The summed E-state index contributed by atoms with van der Waals surface area (Å²) in [6, 6.07) is 20.9. The Hall–Kier alpha value is -3.47. The molecule has 0 fully saturated rings. The highest BCUT2D eigenvalue weighted by Crippen LogP contribution is 2.42. The minimum atomic E-state index is -0.517. The van der Waals surface area contributed by atoms with Gasteiger partial charge in [0.15, 0.2) is 6.73 Å². The summed E-state index contributed by atoms with van der Waals surface area (Å²) in [7, 11) is 1.34. The van der Waals surface area contributed by atoms with Gasteiger partial charge < -0.3 is 14.6 Å². The number of benzene rings is 3. The van der Waals surface area contributed by atoms with Crippen molar-refractivity contribution in [3.8, 4) is 22.6 Å². The molecule has 0 heterocycles. The summed E-state index contributed by atoms with van der Waals surface area (Å²) in [6.45, 7) is 4.06. The molecule has 0 aliphatic rings. The maximum atomic E-state index is 12.4. The summed E-state index contributed by atoms with van der Waals surface area (Å²) in [6.07, 6.45) is 3.64. The SMILES string of the molecule is CCCCCc1cc(OCN(C(=O)OC)c2ccccc2)c(-c2ccccc2)c(O)c1C. The van der Waals surface area contributed by atoms with Crippen LogP contribution in [0.3, 0.4) is 0 Å². The summed E-state index contributed by atoms with van der Waals surface area (Å²) < 4.78 is 11.1. The van der Waals surface area contributed by atoms with Crippen molar-refractivity contribution in [3.05, 3.63) is 77.9 Å². The predicted octanol–water partition coefficient (Wildman–Crippen LogP) is 6.71. The number of nitrogens with zero attached hydrogens (tertiary/aromatic N) is 1. The predicted molar refractivity (Wildman–Crippen MR) is 128 cm³/mol. The van der Waals surface area contributed by atoms with Gasteiger partial charge in [0.05, 0.1) is 18.4 Å². The van der Waals surface area contributed by atoms with E-state index < -0.39 is 6.09 Å². The van der Waals surface area contributed by atoms with Crippen molar-refractivity contribution in [1.29, 1.82) is 0 Å². The first-order valence-corrected chi connectivity index (χ1v) is 11.0. The van der Waals surface area contributed by atoms with Gasteiger partial charge in [-0.25, -0.2) is 9.69 Å². The summed E-state index contributed by atoms with van der Waals surface area (Å²) >= 11 is 0. The number of amides is 1. The second kappa shape index (κ2) is 11.2. The second-order valence-corrected chi connectivity index (χ2v) is 7.71. The van der Waals surface area contributed by atoms with Gasteiger partial charge in [0.2, 0.25) is 0 Å². The molecule has 168 valence electrons. The molecule has 3 aromatic rings. The molecule has 0 saturated carbocycles. The Balaban J connectivity index is 1.99. The highest BCUT2D eigenvalue weighted by Gasteiger charge is 2.21. The Morgan fingerprint density at radius 3 is 2.28 bits per heavy atom. The highest BCUT2D eigenvalue weighted by molar-refractivity contribution is 5.87. The second-order valence-electron chi connectivity index (χ2n) is 7.71. The monoisotopic (exact) mass is 433 g/mol. The Labute approximate surface area is 190 Å². The third kappa shape index (κ3) is 5.41. The van der Waals surface area contributed by atoms with Gasteiger partial charge in [-0.05, 0) is 54.7 Å². The summed E-state index contributed by atoms with van der Waals surface area (Å²) in [5.41, 5.74) is 4.06. The van der Waals surface area contributed by atoms with Gasteiger partial charge in [-0.15, -0.1) is 0 Å². The van der Waals surface area contributed by atoms with E-state index in [9.17, 15) is 9.90 Å². The van der Waals surface area contributed by atoms with Crippen molar-refractivity contribution in [2.45, 2.75) is 39.5 Å². The molecule has 1 N–H and O–H groups in total. The third-order valence-electron chi connectivity index (χ3n) is 5.55. The van der Waals surface area contributed by atoms with Crippen LogP contribution >= 0.6 is 0 Å². The molecule has 0 saturated heterocycles. The van der Waals surface area contributed by atoms with E-state index in [-0.39, 0.29) is 12.5 Å². The maximum absolute atomic E-state index is 12.4. The van der Waals surface area contributed by atoms with Gasteiger partial charge >= 0.3 is 6.09 Å². The van der Waals surface area contributed by atoms with E-state index >= 15 is 0 Å². The summed E-state index contributed by atoms with van der Waals surface area (Å²) in [5, 5.41) is 11.1. The van der Waals surface area contributed by atoms with Crippen LogP contribution in [0.1, 0.15) is 37.3 Å². The van der Waals surface area contributed by atoms with Crippen LogP contribution in [0.5, 0.6) is 11.5 Å². The van der Waals surface area contributed by atoms with Crippen LogP contribution in [-0.2, 0) is 11.2 Å². The molecule has 1 amide bonds. The number of aryl methyl sites for hydroxylation is 1. The lowest BCUT2D eigenvalue weighted by molar-refractivity contribution is 0.170. The fourth-order valence-corrected chi connectivity index (χ4v) is 3.70. The van der Waals surface area contributed by atoms with Crippen molar-refractivity contribution in [2.75, 3.05) is 18.7 Å². The number of phenolic OH excluding ortho intramolecular Hbond substituents is 1. The van der Waals surface area contributed by atoms with E-state index in [0.29, 0.717) is 17.0 Å². The normalized spacial score (nSPS) is 10.6. The molecule has 0 aliphatic carbocycles. The minimum Gasteiger partial charge on any atom is -0.507 e. The van der Waals surface area contributed by atoms with Gasteiger partial charge in [-0.1, -0.05) is 68.3 Å². The first-order valence-electron chi connectivity index (χ1n) is 11.0. The average Bonchev–Trinajstić information content (AvgIpc) is 2.83. The van der Waals surface area contributed by atoms with Gasteiger partial charge in [-0.3, -0.25) is 0 Å². The molecular weight excluding hydrogens is 402 g/mol. The quantitative estimate of drug-likeness (QED) is 0.301. The number of anilines is 1. The lowest BCUT2D eigenvalue weighted by Gasteiger charge is -2.24. The van der Waals surface area contributed by atoms with E-state index in [1.54, 1.807) is 0 Å². The number of carbonyl (C=O) groups is 1. The molecule has 0 atom stereocenters. The van der Waals surface area contributed by atoms with Crippen molar-refractivity contribution in [1.82, 2.24) is 0 Å². The van der Waals surface area contributed by atoms with Crippen molar-refractivity contribution in [2.24, 2.45) is 0 Å². The van der Waals surface area contributed by atoms with E-state index in [1.165, 1.54) is 12.0 Å². The van der Waals surface area contributed by atoms with E-state index in [1.807, 2.05) is 73.7 Å². The molecule has 32 heavy (non-hydrogen) atoms. The van der Waals surface area contributed by atoms with E-state index in [2.05, 4.69) is 6.92 Å². The van der Waals surface area contributed by atoms with E-state index in [0.717, 1.165) is 42.4 Å². The van der Waals surface area contributed by atoms with Crippen LogP contribution in [0.2, 0.25) is 0 Å². The van der Waals surface area contributed by atoms with Crippen molar-refractivity contribution >= 4 is 11.8 Å². The summed E-state index contributed by atoms with van der Waals surface area (Å²) in [4.78, 5) is 13.8. The standard InChI is InChI=1S/C27H31NO4/c1-4-5-8-15-22-18-24(25(26(29)20(22)2)21-13-9-6-10-14-21)32-19-28(27(30)31-3)23-16-11-7-12-17-23/h6-7,9-14,16-18,29H,4-5,8,15,19H2,1-3H3. The number of rotatable bonds is 9. The van der Waals surface area contributed by atoms with Crippen molar-refractivity contribution in [3.63, 3.8) is 0 Å². The van der Waals surface area contributed by atoms with Gasteiger partial charge in [0.1, 0.15) is 11.5 Å². The third-order valence-corrected chi connectivity index (χ3v) is 5.55. The molecule has 3 aromatic carbocycles. The number of hydrogen-bond donors (Lipinski definition) is 1. The van der Waals surface area contributed by atoms with Gasteiger partial charge in [0.25, 0.3) is 0 Å². The number of para-hydroxylation sites is 1. The smallest absolute Gasteiger partial charge is 0.416 e. The van der Waals surface area contributed by atoms with E-state index in [4.69, 9.17) is 9.47 Å². The Kier molecular flexibility index (Phi) is 8.14. The first kappa shape index (κ1) is 23.2. The van der Waals surface area contributed by atoms with Crippen molar-refractivity contribution < 1.29 is 19.4 Å². The van der Waals surface area contributed by atoms with Crippen LogP contribution < -0.4 is 9.64 Å². The zero-order chi connectivity index (χ0) is 22.9. The lowest BCUT2D eigenvalue weighted by Crippen LogP contribution is -2.34.